The molecule has 0 aromatic heterocycles. The molecule has 0 radical (unpaired) electrons. The second-order valence-corrected chi connectivity index (χ2v) is 6.43. The molecule has 0 unspecified atom stereocenters. The molecule has 1 aromatic rings. The summed E-state index contributed by atoms with van der Waals surface area (Å²) >= 11 is 3.24. The molecule has 16 heavy (non-hydrogen) atoms. The van der Waals surface area contributed by atoms with E-state index in [1.165, 1.54) is 16.4 Å². The van der Waals surface area contributed by atoms with Crippen LogP contribution >= 0.6 is 15.9 Å². The lowest BCUT2D eigenvalue weighted by Gasteiger charge is -2.14. The fourth-order valence-corrected chi connectivity index (χ4v) is 3.25. The number of halogens is 1. The number of carbonyl (C=O) groups excluding carboxylic acids is 1. The molecule has 0 spiro atoms. The van der Waals surface area contributed by atoms with Crippen molar-refractivity contribution >= 4 is 31.7 Å². The molecule has 4 nitrogen and oxygen atoms in total. The van der Waals surface area contributed by atoms with Crippen molar-refractivity contribution in [1.29, 1.82) is 0 Å². The Morgan fingerprint density at radius 1 is 1.19 bits per heavy atom. The molecule has 0 bridgehead atoms. The summed E-state index contributed by atoms with van der Waals surface area (Å²) in [6.07, 6.45) is 0.315. The largest absolute Gasteiger partial charge is 0.298 e. The maximum atomic E-state index is 12.0. The van der Waals surface area contributed by atoms with Crippen LogP contribution in [0.1, 0.15) is 6.42 Å². The Bertz CT molecular complexity index is 509. The third-order valence-corrected chi connectivity index (χ3v) is 4.83. The summed E-state index contributed by atoms with van der Waals surface area (Å²) in [7, 11) is -3.50. The van der Waals surface area contributed by atoms with Crippen LogP contribution in [0.15, 0.2) is 33.6 Å². The van der Waals surface area contributed by atoms with E-state index >= 15 is 0 Å². The Labute approximate surface area is 102 Å². The van der Waals surface area contributed by atoms with Crippen LogP contribution in [0.25, 0.3) is 0 Å². The fraction of sp³-hybridized carbons (Fsp3) is 0.300. The van der Waals surface area contributed by atoms with Gasteiger partial charge in [0.1, 0.15) is 5.78 Å². The van der Waals surface area contributed by atoms with E-state index in [9.17, 15) is 13.2 Å². The first-order chi connectivity index (χ1) is 7.50. The van der Waals surface area contributed by atoms with Crippen molar-refractivity contribution in [3.8, 4) is 0 Å². The van der Waals surface area contributed by atoms with Gasteiger partial charge in [0.25, 0.3) is 0 Å². The van der Waals surface area contributed by atoms with E-state index < -0.39 is 10.0 Å². The first kappa shape index (κ1) is 11.8. The van der Waals surface area contributed by atoms with E-state index in [0.29, 0.717) is 6.42 Å². The SMILES string of the molecule is O=C1CCN(S(=O)(=O)c2ccc(Br)cc2)C1. The molecule has 1 aromatic carbocycles. The maximum Gasteiger partial charge on any atom is 0.243 e. The third kappa shape index (κ3) is 2.18. The van der Waals surface area contributed by atoms with Gasteiger partial charge in [-0.2, -0.15) is 4.31 Å². The minimum absolute atomic E-state index is 0.00159. The molecular weight excluding hydrogens is 294 g/mol. The summed E-state index contributed by atoms with van der Waals surface area (Å²) in [6.45, 7) is 0.287. The van der Waals surface area contributed by atoms with Crippen LogP contribution in [0.3, 0.4) is 0 Å². The smallest absolute Gasteiger partial charge is 0.243 e. The van der Waals surface area contributed by atoms with Crippen LogP contribution in [0, 0.1) is 0 Å². The average Bonchev–Trinajstić information content (AvgIpc) is 2.66. The van der Waals surface area contributed by atoms with Crippen LogP contribution in [-0.2, 0) is 14.8 Å². The molecular formula is C10H10BrNO3S. The number of hydrogen-bond acceptors (Lipinski definition) is 3. The van der Waals surface area contributed by atoms with Gasteiger partial charge in [0.2, 0.25) is 10.0 Å². The standard InChI is InChI=1S/C10H10BrNO3S/c11-8-1-3-10(4-2-8)16(14,15)12-6-5-9(13)7-12/h1-4H,5-7H2. The first-order valence-corrected chi connectivity index (χ1v) is 7.01. The number of nitrogens with zero attached hydrogens (tertiary/aromatic N) is 1. The van der Waals surface area contributed by atoms with Crippen LogP contribution in [0.5, 0.6) is 0 Å². The molecule has 0 aliphatic carbocycles. The summed E-state index contributed by atoms with van der Waals surface area (Å²) in [5.74, 6) is -0.0271. The van der Waals surface area contributed by atoms with Gasteiger partial charge < -0.3 is 0 Å². The predicted molar refractivity (Wildman–Crippen MR) is 62.5 cm³/mol. The zero-order chi connectivity index (χ0) is 11.8. The van der Waals surface area contributed by atoms with Gasteiger partial charge in [-0.05, 0) is 24.3 Å². The summed E-state index contributed by atoms with van der Waals surface area (Å²) in [6, 6.07) is 6.40. The highest BCUT2D eigenvalue weighted by atomic mass is 79.9. The number of ketones is 1. The Kier molecular flexibility index (Phi) is 3.14. The van der Waals surface area contributed by atoms with Crippen molar-refractivity contribution in [2.75, 3.05) is 13.1 Å². The summed E-state index contributed by atoms with van der Waals surface area (Å²) in [5.41, 5.74) is 0. The van der Waals surface area contributed by atoms with Crippen molar-refractivity contribution in [1.82, 2.24) is 4.31 Å². The van der Waals surface area contributed by atoms with Gasteiger partial charge in [0.15, 0.2) is 0 Å². The second kappa shape index (κ2) is 4.27. The van der Waals surface area contributed by atoms with E-state index in [2.05, 4.69) is 15.9 Å². The Balaban J connectivity index is 2.32. The first-order valence-electron chi connectivity index (χ1n) is 4.77. The molecule has 0 amide bonds. The molecule has 0 atom stereocenters. The molecule has 1 aliphatic heterocycles. The normalized spacial score (nSPS) is 17.9. The number of sulfonamides is 1. The minimum Gasteiger partial charge on any atom is -0.298 e. The van der Waals surface area contributed by atoms with E-state index in [4.69, 9.17) is 0 Å². The summed E-state index contributed by atoms with van der Waals surface area (Å²) < 4.78 is 26.1. The van der Waals surface area contributed by atoms with Crippen LogP contribution in [0.4, 0.5) is 0 Å². The van der Waals surface area contributed by atoms with Crippen molar-refractivity contribution in [3.05, 3.63) is 28.7 Å². The molecule has 0 saturated carbocycles. The highest BCUT2D eigenvalue weighted by Gasteiger charge is 2.31. The van der Waals surface area contributed by atoms with Gasteiger partial charge >= 0.3 is 0 Å². The van der Waals surface area contributed by atoms with Gasteiger partial charge in [0.05, 0.1) is 11.4 Å². The highest BCUT2D eigenvalue weighted by molar-refractivity contribution is 9.10. The van der Waals surface area contributed by atoms with Gasteiger partial charge in [0, 0.05) is 17.4 Å². The molecule has 1 saturated heterocycles. The van der Waals surface area contributed by atoms with Gasteiger partial charge in [-0.3, -0.25) is 4.79 Å². The Morgan fingerprint density at radius 3 is 2.31 bits per heavy atom. The lowest BCUT2D eigenvalue weighted by molar-refractivity contribution is -0.116. The van der Waals surface area contributed by atoms with Gasteiger partial charge in [-0.1, -0.05) is 15.9 Å². The zero-order valence-electron chi connectivity index (χ0n) is 8.39. The van der Waals surface area contributed by atoms with Gasteiger partial charge in [-0.15, -0.1) is 0 Å². The van der Waals surface area contributed by atoms with E-state index in [1.807, 2.05) is 0 Å². The van der Waals surface area contributed by atoms with Crippen molar-refractivity contribution < 1.29 is 13.2 Å². The van der Waals surface area contributed by atoms with Crippen molar-refractivity contribution in [3.63, 3.8) is 0 Å². The van der Waals surface area contributed by atoms with Crippen molar-refractivity contribution in [2.45, 2.75) is 11.3 Å². The number of carbonyl (C=O) groups is 1. The molecule has 1 heterocycles. The van der Waals surface area contributed by atoms with E-state index in [0.717, 1.165) is 4.47 Å². The molecule has 2 rings (SSSR count). The Morgan fingerprint density at radius 2 is 1.81 bits per heavy atom. The molecule has 6 heteroatoms. The third-order valence-electron chi connectivity index (χ3n) is 2.44. The molecule has 0 N–H and O–H groups in total. The number of Topliss-reactive ketones (excluding diaryl/α,β-unsaturated/α-hetero) is 1. The quantitative estimate of drug-likeness (QED) is 0.830. The van der Waals surface area contributed by atoms with Crippen LogP contribution in [0.2, 0.25) is 0 Å². The fourth-order valence-electron chi connectivity index (χ4n) is 1.57. The lowest BCUT2D eigenvalue weighted by atomic mass is 10.4. The molecule has 86 valence electrons. The van der Waals surface area contributed by atoms with Gasteiger partial charge in [-0.25, -0.2) is 8.42 Å². The molecule has 1 aliphatic rings. The molecule has 1 fully saturated rings. The zero-order valence-corrected chi connectivity index (χ0v) is 10.8. The minimum atomic E-state index is -3.50. The second-order valence-electron chi connectivity index (χ2n) is 3.58. The van der Waals surface area contributed by atoms with Crippen LogP contribution in [-0.4, -0.2) is 31.6 Å². The maximum absolute atomic E-state index is 12.0. The summed E-state index contributed by atoms with van der Waals surface area (Å²) in [5, 5.41) is 0. The topological polar surface area (TPSA) is 54.5 Å². The lowest BCUT2D eigenvalue weighted by Crippen LogP contribution is -2.28. The summed E-state index contributed by atoms with van der Waals surface area (Å²) in [4.78, 5) is 11.3. The van der Waals surface area contributed by atoms with E-state index in [-0.39, 0.29) is 23.8 Å². The predicted octanol–water partition coefficient (Wildman–Crippen LogP) is 1.41. The monoisotopic (exact) mass is 303 g/mol. The number of hydrogen-bond donors (Lipinski definition) is 0. The average molecular weight is 304 g/mol. The van der Waals surface area contributed by atoms with Crippen molar-refractivity contribution in [2.24, 2.45) is 0 Å². The highest BCUT2D eigenvalue weighted by Crippen LogP contribution is 2.21. The number of rotatable bonds is 2. The van der Waals surface area contributed by atoms with Crippen LogP contribution < -0.4 is 0 Å². The number of benzene rings is 1. The van der Waals surface area contributed by atoms with E-state index in [1.54, 1.807) is 12.1 Å². The Hall–Kier alpha value is -0.720.